The molecule has 164 valence electrons. The Hall–Kier alpha value is -2.90. The molecule has 0 N–H and O–H groups in total. The van der Waals surface area contributed by atoms with Crippen LogP contribution in [0.3, 0.4) is 0 Å². The molecular weight excluding hydrogens is 394 g/mol. The van der Waals surface area contributed by atoms with E-state index in [0.29, 0.717) is 18.7 Å². The number of para-hydroxylation sites is 2. The van der Waals surface area contributed by atoms with Gasteiger partial charge < -0.3 is 14.1 Å². The maximum atomic E-state index is 13.3. The van der Waals surface area contributed by atoms with Crippen molar-refractivity contribution in [3.8, 4) is 0 Å². The van der Waals surface area contributed by atoms with Crippen LogP contribution in [0.25, 0.3) is 11.1 Å². The van der Waals surface area contributed by atoms with Crippen LogP contribution in [0.4, 0.5) is 0 Å². The number of amides is 1. The molecule has 31 heavy (non-hydrogen) atoms. The van der Waals surface area contributed by atoms with E-state index >= 15 is 0 Å². The fourth-order valence-electron chi connectivity index (χ4n) is 4.10. The third-order valence-corrected chi connectivity index (χ3v) is 5.80. The molecule has 1 atom stereocenters. The van der Waals surface area contributed by atoms with Gasteiger partial charge >= 0.3 is 5.76 Å². The highest BCUT2D eigenvalue weighted by Crippen LogP contribution is 2.15. The Labute approximate surface area is 181 Å². The second-order valence-electron chi connectivity index (χ2n) is 8.01. The number of morpholine rings is 1. The predicted octanol–water partition coefficient (Wildman–Crippen LogP) is 2.73. The molecule has 1 aliphatic rings. The van der Waals surface area contributed by atoms with E-state index in [-0.39, 0.29) is 18.4 Å². The van der Waals surface area contributed by atoms with Crippen LogP contribution in [0.5, 0.6) is 0 Å². The van der Waals surface area contributed by atoms with Crippen LogP contribution in [0.1, 0.15) is 18.9 Å². The van der Waals surface area contributed by atoms with Gasteiger partial charge in [0.05, 0.1) is 18.7 Å². The summed E-state index contributed by atoms with van der Waals surface area (Å²) in [4.78, 5) is 29.8. The van der Waals surface area contributed by atoms with Crippen LogP contribution in [0.15, 0.2) is 63.8 Å². The quantitative estimate of drug-likeness (QED) is 0.557. The number of ether oxygens (including phenoxy) is 1. The van der Waals surface area contributed by atoms with Crippen LogP contribution in [-0.4, -0.2) is 59.2 Å². The van der Waals surface area contributed by atoms with Gasteiger partial charge in [0.2, 0.25) is 5.91 Å². The standard InChI is InChI=1S/C24H29N3O4/c1-19(17-25-13-15-30-16-14-25)27(18-20-7-3-2-4-8-20)23(28)11-12-26-21-9-5-6-10-22(21)31-24(26)29/h2-10,19H,11-18H2,1H3. The van der Waals surface area contributed by atoms with Gasteiger partial charge in [0.1, 0.15) is 0 Å². The molecule has 7 nitrogen and oxygen atoms in total. The van der Waals surface area contributed by atoms with Crippen LogP contribution < -0.4 is 5.76 Å². The molecule has 0 radical (unpaired) electrons. The minimum Gasteiger partial charge on any atom is -0.408 e. The highest BCUT2D eigenvalue weighted by Gasteiger charge is 2.24. The fraction of sp³-hybridized carbons (Fsp3) is 0.417. The van der Waals surface area contributed by atoms with E-state index in [1.807, 2.05) is 53.4 Å². The molecule has 1 saturated heterocycles. The third kappa shape index (κ3) is 5.24. The van der Waals surface area contributed by atoms with E-state index in [4.69, 9.17) is 9.15 Å². The molecule has 1 aliphatic heterocycles. The number of rotatable bonds is 8. The molecule has 2 heterocycles. The van der Waals surface area contributed by atoms with E-state index in [2.05, 4.69) is 11.8 Å². The summed E-state index contributed by atoms with van der Waals surface area (Å²) in [5, 5.41) is 0. The normalized spacial score (nSPS) is 15.8. The minimum absolute atomic E-state index is 0.0294. The minimum atomic E-state index is -0.426. The molecule has 7 heteroatoms. The number of hydrogen-bond donors (Lipinski definition) is 0. The van der Waals surface area contributed by atoms with Crippen molar-refractivity contribution in [3.63, 3.8) is 0 Å². The molecule has 1 aromatic heterocycles. The molecule has 0 aliphatic carbocycles. The first-order valence-corrected chi connectivity index (χ1v) is 10.8. The SMILES string of the molecule is CC(CN1CCOCC1)N(Cc1ccccc1)C(=O)CCn1c(=O)oc2ccccc21. The lowest BCUT2D eigenvalue weighted by Gasteiger charge is -2.35. The lowest BCUT2D eigenvalue weighted by atomic mass is 10.1. The number of aromatic nitrogens is 1. The van der Waals surface area contributed by atoms with E-state index in [9.17, 15) is 9.59 Å². The topological polar surface area (TPSA) is 67.9 Å². The molecule has 2 aromatic carbocycles. The highest BCUT2D eigenvalue weighted by atomic mass is 16.5. The third-order valence-electron chi connectivity index (χ3n) is 5.80. The van der Waals surface area contributed by atoms with E-state index in [1.165, 1.54) is 0 Å². The van der Waals surface area contributed by atoms with Crippen molar-refractivity contribution < 1.29 is 13.9 Å². The number of aryl methyl sites for hydroxylation is 1. The predicted molar refractivity (Wildman–Crippen MR) is 119 cm³/mol. The molecule has 3 aromatic rings. The van der Waals surface area contributed by atoms with Gasteiger partial charge in [-0.25, -0.2) is 4.79 Å². The van der Waals surface area contributed by atoms with Crippen LogP contribution in [0.2, 0.25) is 0 Å². The van der Waals surface area contributed by atoms with Gasteiger partial charge in [-0.05, 0) is 24.6 Å². The number of fused-ring (bicyclic) bond motifs is 1. The summed E-state index contributed by atoms with van der Waals surface area (Å²) in [6.45, 7) is 6.97. The molecule has 1 unspecified atom stereocenters. The molecular formula is C24H29N3O4. The van der Waals surface area contributed by atoms with Crippen molar-refractivity contribution in [2.24, 2.45) is 0 Å². The Morgan fingerprint density at radius 3 is 2.55 bits per heavy atom. The zero-order valence-electron chi connectivity index (χ0n) is 17.9. The monoisotopic (exact) mass is 423 g/mol. The summed E-state index contributed by atoms with van der Waals surface area (Å²) < 4.78 is 12.3. The number of oxazole rings is 1. The second kappa shape index (κ2) is 9.94. The van der Waals surface area contributed by atoms with Crippen LogP contribution in [0, 0.1) is 0 Å². The number of nitrogens with zero attached hydrogens (tertiary/aromatic N) is 3. The Morgan fingerprint density at radius 2 is 1.77 bits per heavy atom. The molecule has 1 fully saturated rings. The summed E-state index contributed by atoms with van der Waals surface area (Å²) in [7, 11) is 0. The van der Waals surface area contributed by atoms with Crippen molar-refractivity contribution >= 4 is 17.0 Å². The Kier molecular flexibility index (Phi) is 6.84. The number of benzene rings is 2. The maximum Gasteiger partial charge on any atom is 0.419 e. The first-order valence-electron chi connectivity index (χ1n) is 10.8. The average molecular weight is 424 g/mol. The lowest BCUT2D eigenvalue weighted by molar-refractivity contribution is -0.134. The Balaban J connectivity index is 1.48. The largest absolute Gasteiger partial charge is 0.419 e. The van der Waals surface area contributed by atoms with E-state index < -0.39 is 5.76 Å². The highest BCUT2D eigenvalue weighted by molar-refractivity contribution is 5.77. The van der Waals surface area contributed by atoms with E-state index in [0.717, 1.165) is 43.9 Å². The summed E-state index contributed by atoms with van der Waals surface area (Å²) in [6.07, 6.45) is 0.240. The smallest absolute Gasteiger partial charge is 0.408 e. The van der Waals surface area contributed by atoms with Crippen LogP contribution in [-0.2, 0) is 22.6 Å². The van der Waals surface area contributed by atoms with Gasteiger partial charge in [-0.1, -0.05) is 42.5 Å². The van der Waals surface area contributed by atoms with Crippen molar-refractivity contribution in [2.75, 3.05) is 32.8 Å². The zero-order valence-corrected chi connectivity index (χ0v) is 17.9. The van der Waals surface area contributed by atoms with Crippen molar-refractivity contribution in [3.05, 3.63) is 70.7 Å². The van der Waals surface area contributed by atoms with Gasteiger partial charge in [0, 0.05) is 45.2 Å². The fourth-order valence-corrected chi connectivity index (χ4v) is 4.10. The molecule has 4 rings (SSSR count). The summed E-state index contributed by atoms with van der Waals surface area (Å²) >= 11 is 0. The van der Waals surface area contributed by atoms with E-state index in [1.54, 1.807) is 10.6 Å². The van der Waals surface area contributed by atoms with Gasteiger partial charge in [-0.3, -0.25) is 14.3 Å². The van der Waals surface area contributed by atoms with Crippen molar-refractivity contribution in [1.29, 1.82) is 0 Å². The number of carbonyl (C=O) groups excluding carboxylic acids is 1. The Morgan fingerprint density at radius 1 is 1.06 bits per heavy atom. The number of carbonyl (C=O) groups is 1. The molecule has 0 bridgehead atoms. The Bertz CT molecular complexity index is 1050. The maximum absolute atomic E-state index is 13.3. The summed E-state index contributed by atoms with van der Waals surface area (Å²) in [5.74, 6) is -0.397. The number of hydrogen-bond acceptors (Lipinski definition) is 5. The first kappa shape index (κ1) is 21.3. The van der Waals surface area contributed by atoms with Crippen molar-refractivity contribution in [2.45, 2.75) is 32.5 Å². The second-order valence-corrected chi connectivity index (χ2v) is 8.01. The summed E-state index contributed by atoms with van der Waals surface area (Å²) in [6, 6.07) is 17.4. The molecule has 1 amide bonds. The van der Waals surface area contributed by atoms with Crippen molar-refractivity contribution in [1.82, 2.24) is 14.4 Å². The average Bonchev–Trinajstić information content (AvgIpc) is 3.12. The first-order chi connectivity index (χ1) is 15.1. The van der Waals surface area contributed by atoms with Gasteiger partial charge in [-0.2, -0.15) is 0 Å². The van der Waals surface area contributed by atoms with Gasteiger partial charge in [0.15, 0.2) is 5.58 Å². The molecule has 0 spiro atoms. The summed E-state index contributed by atoms with van der Waals surface area (Å²) in [5.41, 5.74) is 2.36. The lowest BCUT2D eigenvalue weighted by Crippen LogP contribution is -2.48. The van der Waals surface area contributed by atoms with Gasteiger partial charge in [-0.15, -0.1) is 0 Å². The van der Waals surface area contributed by atoms with Gasteiger partial charge in [0.25, 0.3) is 0 Å². The molecule has 0 saturated carbocycles. The zero-order chi connectivity index (χ0) is 21.6. The van der Waals surface area contributed by atoms with Crippen LogP contribution >= 0.6 is 0 Å².